The fourth-order valence-electron chi connectivity index (χ4n) is 3.42. The van der Waals surface area contributed by atoms with E-state index in [0.29, 0.717) is 13.1 Å². The number of amides is 2. The Hall–Kier alpha value is -1.75. The van der Waals surface area contributed by atoms with E-state index in [1.165, 1.54) is 12.1 Å². The Labute approximate surface area is 162 Å². The van der Waals surface area contributed by atoms with Crippen molar-refractivity contribution >= 4 is 24.1 Å². The summed E-state index contributed by atoms with van der Waals surface area (Å²) in [5, 5.41) is 2.93. The van der Waals surface area contributed by atoms with Crippen LogP contribution in [-0.2, 0) is 0 Å². The van der Waals surface area contributed by atoms with E-state index in [9.17, 15) is 9.18 Å². The standard InChI is InChI=1S/C20H30FN3O.ClH/c1-4-6-7-8-9-19-15-23(18-12-10-17(21)11-13-18)16(3)14-24(19)20(25)22-5-2;/h4,6,10-13,16,19H,5,7-9,14-15H2,1-3H3,(H,22,25);1H. The van der Waals surface area contributed by atoms with E-state index in [0.717, 1.165) is 31.5 Å². The van der Waals surface area contributed by atoms with Crippen molar-refractivity contribution in [1.82, 2.24) is 10.2 Å². The first-order valence-electron chi connectivity index (χ1n) is 9.24. The van der Waals surface area contributed by atoms with Gasteiger partial charge in [-0.05, 0) is 64.3 Å². The van der Waals surface area contributed by atoms with Gasteiger partial charge in [0.05, 0.1) is 6.04 Å². The molecule has 1 aromatic carbocycles. The minimum absolute atomic E-state index is 0. The molecule has 2 atom stereocenters. The molecule has 0 spiro atoms. The molecule has 1 fully saturated rings. The minimum Gasteiger partial charge on any atom is -0.365 e. The molecule has 2 rings (SSSR count). The van der Waals surface area contributed by atoms with Crippen molar-refractivity contribution < 1.29 is 9.18 Å². The van der Waals surface area contributed by atoms with Crippen LogP contribution in [-0.4, -0.2) is 42.6 Å². The second kappa shape index (κ2) is 11.1. The van der Waals surface area contributed by atoms with Crippen LogP contribution in [0.4, 0.5) is 14.9 Å². The van der Waals surface area contributed by atoms with Gasteiger partial charge in [0.1, 0.15) is 5.82 Å². The highest BCUT2D eigenvalue weighted by Gasteiger charge is 2.34. The lowest BCUT2D eigenvalue weighted by Crippen LogP contribution is -2.61. The maximum absolute atomic E-state index is 13.2. The zero-order valence-corrected chi connectivity index (χ0v) is 16.8. The zero-order valence-electron chi connectivity index (χ0n) is 16.0. The number of benzene rings is 1. The number of rotatable bonds is 6. The number of allylic oxidation sites excluding steroid dienone is 2. The number of carbonyl (C=O) groups excluding carboxylic acids is 1. The summed E-state index contributed by atoms with van der Waals surface area (Å²) in [5.74, 6) is -0.222. The predicted molar refractivity (Wildman–Crippen MR) is 109 cm³/mol. The van der Waals surface area contributed by atoms with Gasteiger partial charge in [0.15, 0.2) is 0 Å². The molecule has 2 amide bonds. The molecule has 1 aliphatic heterocycles. The quantitative estimate of drug-likeness (QED) is 0.575. The molecule has 6 heteroatoms. The molecule has 2 unspecified atom stereocenters. The average Bonchev–Trinajstić information content (AvgIpc) is 2.60. The van der Waals surface area contributed by atoms with Gasteiger partial charge < -0.3 is 15.1 Å². The maximum atomic E-state index is 13.2. The minimum atomic E-state index is -0.222. The number of unbranched alkanes of at least 4 members (excludes halogenated alkanes) is 1. The van der Waals surface area contributed by atoms with Crippen molar-refractivity contribution in [2.45, 2.75) is 52.1 Å². The van der Waals surface area contributed by atoms with Crippen LogP contribution < -0.4 is 10.2 Å². The number of halogens is 2. The third-order valence-corrected chi connectivity index (χ3v) is 4.73. The van der Waals surface area contributed by atoms with Crippen LogP contribution in [0.25, 0.3) is 0 Å². The highest BCUT2D eigenvalue weighted by Crippen LogP contribution is 2.26. The highest BCUT2D eigenvalue weighted by atomic mass is 35.5. The Kier molecular flexibility index (Phi) is 9.49. The van der Waals surface area contributed by atoms with Crippen molar-refractivity contribution in [2.24, 2.45) is 0 Å². The lowest BCUT2D eigenvalue weighted by molar-refractivity contribution is 0.150. The van der Waals surface area contributed by atoms with Gasteiger partial charge in [-0.25, -0.2) is 9.18 Å². The molecular formula is C20H31ClFN3O. The summed E-state index contributed by atoms with van der Waals surface area (Å²) in [6.45, 7) is 8.18. The Balaban J connectivity index is 0.00000338. The van der Waals surface area contributed by atoms with Crippen molar-refractivity contribution in [3.63, 3.8) is 0 Å². The maximum Gasteiger partial charge on any atom is 0.317 e. The second-order valence-corrected chi connectivity index (χ2v) is 6.62. The molecule has 0 radical (unpaired) electrons. The van der Waals surface area contributed by atoms with Crippen LogP contribution >= 0.6 is 12.4 Å². The van der Waals surface area contributed by atoms with Crippen molar-refractivity contribution in [3.05, 3.63) is 42.2 Å². The molecule has 1 aliphatic rings. The largest absolute Gasteiger partial charge is 0.365 e. The van der Waals surface area contributed by atoms with Gasteiger partial charge in [-0.1, -0.05) is 12.2 Å². The molecule has 1 heterocycles. The van der Waals surface area contributed by atoms with Crippen molar-refractivity contribution in [3.8, 4) is 0 Å². The first-order valence-corrected chi connectivity index (χ1v) is 9.24. The monoisotopic (exact) mass is 383 g/mol. The van der Waals surface area contributed by atoms with E-state index in [2.05, 4.69) is 29.3 Å². The summed E-state index contributed by atoms with van der Waals surface area (Å²) in [6.07, 6.45) is 7.28. The van der Waals surface area contributed by atoms with Crippen LogP contribution in [0.15, 0.2) is 36.4 Å². The molecule has 1 saturated heterocycles. The van der Waals surface area contributed by atoms with Crippen LogP contribution in [0.1, 0.15) is 40.0 Å². The smallest absolute Gasteiger partial charge is 0.317 e. The number of hydrogen-bond acceptors (Lipinski definition) is 2. The van der Waals surface area contributed by atoms with Gasteiger partial charge in [-0.2, -0.15) is 0 Å². The summed E-state index contributed by atoms with van der Waals surface area (Å²) in [4.78, 5) is 16.7. The lowest BCUT2D eigenvalue weighted by Gasteiger charge is -2.46. The fourth-order valence-corrected chi connectivity index (χ4v) is 3.42. The van der Waals surface area contributed by atoms with Gasteiger partial charge >= 0.3 is 6.03 Å². The van der Waals surface area contributed by atoms with Gasteiger partial charge in [-0.15, -0.1) is 12.4 Å². The molecule has 1 aromatic rings. The summed E-state index contributed by atoms with van der Waals surface area (Å²) in [5.41, 5.74) is 1.02. The Morgan fingerprint density at radius 3 is 2.62 bits per heavy atom. The van der Waals surface area contributed by atoms with E-state index in [1.54, 1.807) is 0 Å². The fraction of sp³-hybridized carbons (Fsp3) is 0.550. The van der Waals surface area contributed by atoms with E-state index in [4.69, 9.17) is 0 Å². The Morgan fingerprint density at radius 2 is 2.00 bits per heavy atom. The van der Waals surface area contributed by atoms with Gasteiger partial charge in [0.2, 0.25) is 0 Å². The molecule has 146 valence electrons. The molecule has 1 N–H and O–H groups in total. The number of nitrogens with zero attached hydrogens (tertiary/aromatic N) is 2. The number of hydrogen-bond donors (Lipinski definition) is 1. The molecule has 0 aromatic heterocycles. The normalized spacial score (nSPS) is 20.2. The highest BCUT2D eigenvalue weighted by molar-refractivity contribution is 5.85. The average molecular weight is 384 g/mol. The van der Waals surface area contributed by atoms with E-state index in [-0.39, 0.29) is 36.3 Å². The predicted octanol–water partition coefficient (Wildman–Crippen LogP) is 4.60. The summed E-state index contributed by atoms with van der Waals surface area (Å²) >= 11 is 0. The summed E-state index contributed by atoms with van der Waals surface area (Å²) in [6, 6.07) is 7.02. The molecule has 4 nitrogen and oxygen atoms in total. The number of urea groups is 1. The molecule has 26 heavy (non-hydrogen) atoms. The Bertz CT molecular complexity index is 579. The molecular weight excluding hydrogens is 353 g/mol. The Morgan fingerprint density at radius 1 is 1.31 bits per heavy atom. The number of carbonyl (C=O) groups is 1. The van der Waals surface area contributed by atoms with Gasteiger partial charge in [0, 0.05) is 31.4 Å². The van der Waals surface area contributed by atoms with Crippen molar-refractivity contribution in [1.29, 1.82) is 0 Å². The lowest BCUT2D eigenvalue weighted by atomic mass is 10.0. The number of nitrogens with one attached hydrogen (secondary N) is 1. The molecule has 0 aliphatic carbocycles. The van der Waals surface area contributed by atoms with Crippen LogP contribution in [0.3, 0.4) is 0 Å². The first-order chi connectivity index (χ1) is 12.1. The summed E-state index contributed by atoms with van der Waals surface area (Å²) < 4.78 is 13.2. The third kappa shape index (κ3) is 5.90. The molecule has 0 bridgehead atoms. The molecule has 0 saturated carbocycles. The first kappa shape index (κ1) is 22.3. The van der Waals surface area contributed by atoms with Crippen molar-refractivity contribution in [2.75, 3.05) is 24.5 Å². The number of piperazine rings is 1. The number of anilines is 1. The third-order valence-electron chi connectivity index (χ3n) is 4.73. The zero-order chi connectivity index (χ0) is 18.2. The van der Waals surface area contributed by atoms with E-state index in [1.807, 2.05) is 30.9 Å². The van der Waals surface area contributed by atoms with Gasteiger partial charge in [-0.3, -0.25) is 0 Å². The topological polar surface area (TPSA) is 35.6 Å². The SMILES string of the molecule is CC=CCCCC1CN(c2ccc(F)cc2)C(C)CN1C(=O)NCC.Cl. The van der Waals surface area contributed by atoms with Crippen LogP contribution in [0.2, 0.25) is 0 Å². The summed E-state index contributed by atoms with van der Waals surface area (Å²) in [7, 11) is 0. The van der Waals surface area contributed by atoms with E-state index >= 15 is 0 Å². The van der Waals surface area contributed by atoms with Crippen LogP contribution in [0, 0.1) is 5.82 Å². The van der Waals surface area contributed by atoms with E-state index < -0.39 is 0 Å². The second-order valence-electron chi connectivity index (χ2n) is 6.62. The van der Waals surface area contributed by atoms with Crippen LogP contribution in [0.5, 0.6) is 0 Å². The van der Waals surface area contributed by atoms with Gasteiger partial charge in [0.25, 0.3) is 0 Å².